The van der Waals surface area contributed by atoms with Gasteiger partial charge in [0.1, 0.15) is 0 Å². The number of hydrogen-bond acceptors (Lipinski definition) is 0. The standard InChI is InChI=1S/2As.Bi.Ga/q2*-3;2*+3. The zero-order valence-corrected chi connectivity index (χ0v) is 11.6. The second-order valence-corrected chi connectivity index (χ2v) is 0. The Kier molecular flexibility index (Phi) is 132. The van der Waals surface area contributed by atoms with E-state index >= 15 is 0 Å². The van der Waals surface area contributed by atoms with Gasteiger partial charge in [-0.2, -0.15) is 0 Å². The fourth-order valence-electron chi connectivity index (χ4n) is 0. The van der Waals surface area contributed by atoms with Crippen molar-refractivity contribution in [3.8, 4) is 0 Å². The summed E-state index contributed by atoms with van der Waals surface area (Å²) in [5.74, 6) is 0. The van der Waals surface area contributed by atoms with Gasteiger partial charge in [0.15, 0.2) is 0 Å². The molecule has 0 rings (SSSR count). The van der Waals surface area contributed by atoms with E-state index in [1.807, 2.05) is 0 Å². The molecule has 0 aromatic carbocycles. The Morgan fingerprint density at radius 3 is 0.750 bits per heavy atom. The van der Waals surface area contributed by atoms with E-state index in [4.69, 9.17) is 0 Å². The molecule has 0 nitrogen and oxygen atoms in total. The fraction of sp³-hybridized carbons (Fsp3) is 0. The van der Waals surface area contributed by atoms with Gasteiger partial charge in [-0.1, -0.05) is 0 Å². The molecule has 0 aliphatic heterocycles. The molecule has 0 aromatic heterocycles. The topological polar surface area (TPSA) is 0 Å². The van der Waals surface area contributed by atoms with Gasteiger partial charge in [-0.05, 0) is 0 Å². The van der Waals surface area contributed by atoms with Crippen molar-refractivity contribution < 1.29 is 0 Å². The smallest absolute Gasteiger partial charge is 3.00 e. The predicted octanol–water partition coefficient (Wildman–Crippen LogP) is -1.52. The van der Waals surface area contributed by atoms with E-state index in [0.717, 1.165) is 0 Å². The molecule has 0 bridgehead atoms. The average molecular weight is 429 g/mol. The van der Waals surface area contributed by atoms with E-state index in [1.54, 1.807) is 0 Å². The van der Waals surface area contributed by atoms with Crippen LogP contribution in [0.3, 0.4) is 0 Å². The van der Waals surface area contributed by atoms with Gasteiger partial charge in [-0.15, -0.1) is 0 Å². The summed E-state index contributed by atoms with van der Waals surface area (Å²) in [6, 6.07) is 0. The van der Waals surface area contributed by atoms with Crippen molar-refractivity contribution in [3.05, 3.63) is 0 Å². The minimum atomic E-state index is 0. The van der Waals surface area contributed by atoms with E-state index < -0.39 is 0 Å². The molecule has 0 unspecified atom stereocenters. The molecule has 2 radical (unpaired) electrons. The molecule has 0 saturated heterocycles. The van der Waals surface area contributed by atoms with Gasteiger partial charge in [0.2, 0.25) is 0 Å². The van der Waals surface area contributed by atoms with Gasteiger partial charge < -0.3 is 35.9 Å². The quantitative estimate of drug-likeness (QED) is 0.411. The molecule has 4 heteroatoms. The maximum Gasteiger partial charge on any atom is 3.00 e. The van der Waals surface area contributed by atoms with Crippen molar-refractivity contribution >= 4 is 81.9 Å². The van der Waals surface area contributed by atoms with Gasteiger partial charge in [-0.3, -0.25) is 0 Å². The van der Waals surface area contributed by atoms with Gasteiger partial charge >= 0.3 is 46.0 Å². The Morgan fingerprint density at radius 2 is 0.750 bits per heavy atom. The second kappa shape index (κ2) is 17.4. The maximum absolute atomic E-state index is 0. The van der Waals surface area contributed by atoms with E-state index in [-0.39, 0.29) is 81.9 Å². The normalized spacial score (nSPS) is 0. The fourth-order valence-corrected chi connectivity index (χ4v) is 0. The van der Waals surface area contributed by atoms with Crippen LogP contribution in [0.5, 0.6) is 0 Å². The molecule has 18 valence electrons. The molecule has 0 amide bonds. The van der Waals surface area contributed by atoms with Crippen LogP contribution in [0.2, 0.25) is 0 Å². The van der Waals surface area contributed by atoms with E-state index in [0.29, 0.717) is 0 Å². The third-order valence-electron chi connectivity index (χ3n) is 0. The van der Waals surface area contributed by atoms with E-state index in [9.17, 15) is 0 Å². The van der Waals surface area contributed by atoms with Gasteiger partial charge in [-0.25, -0.2) is 0 Å². The molecule has 0 atom stereocenters. The summed E-state index contributed by atoms with van der Waals surface area (Å²) in [6.07, 6.45) is 0. The monoisotopic (exact) mass is 428 g/mol. The van der Waals surface area contributed by atoms with Crippen molar-refractivity contribution in [1.29, 1.82) is 0 Å². The largest absolute Gasteiger partial charge is 3.00 e. The third-order valence-corrected chi connectivity index (χ3v) is 0. The van der Waals surface area contributed by atoms with Gasteiger partial charge in [0.25, 0.3) is 0 Å². The summed E-state index contributed by atoms with van der Waals surface area (Å²) in [6.45, 7) is 0. The minimum Gasteiger partial charge on any atom is -3.00 e. The molecule has 0 spiro atoms. The Labute approximate surface area is 80.7 Å². The molecule has 4 heavy (non-hydrogen) atoms. The van der Waals surface area contributed by atoms with Crippen LogP contribution in [0, 0.1) is 0 Å². The van der Waals surface area contributed by atoms with Crippen molar-refractivity contribution in [1.82, 2.24) is 0 Å². The number of hydrogen-bond donors (Lipinski definition) is 0. The average Bonchev–Trinajstić information content (AvgIpc) is 0. The van der Waals surface area contributed by atoms with E-state index in [2.05, 4.69) is 0 Å². The third kappa shape index (κ3) is 8.82. The van der Waals surface area contributed by atoms with Crippen molar-refractivity contribution in [2.75, 3.05) is 0 Å². The molecule has 0 N–H and O–H groups in total. The van der Waals surface area contributed by atoms with Crippen LogP contribution in [0.15, 0.2) is 0 Å². The first-order valence-corrected chi connectivity index (χ1v) is 0. The first-order chi connectivity index (χ1) is 0. The zero-order valence-electron chi connectivity index (χ0n) is 1.92. The Morgan fingerprint density at radius 1 is 0.750 bits per heavy atom. The minimum absolute atomic E-state index is 0. The molecule has 0 aliphatic rings. The Balaban J connectivity index is 0. The second-order valence-electron chi connectivity index (χ2n) is 0. The molecular weight excluding hydrogens is 429 g/mol. The summed E-state index contributed by atoms with van der Waals surface area (Å²) in [7, 11) is 0. The van der Waals surface area contributed by atoms with Crippen LogP contribution >= 0.6 is 0 Å². The summed E-state index contributed by atoms with van der Waals surface area (Å²) in [5.41, 5.74) is 0. The maximum atomic E-state index is 0. The Bertz CT molecular complexity index is 6.00. The van der Waals surface area contributed by atoms with Crippen molar-refractivity contribution in [2.24, 2.45) is 0 Å². The Hall–Kier alpha value is 2.64. The van der Waals surface area contributed by atoms with Crippen LogP contribution in [-0.2, 0) is 0 Å². The molecule has 0 saturated carbocycles. The van der Waals surface area contributed by atoms with E-state index in [1.165, 1.54) is 0 Å². The summed E-state index contributed by atoms with van der Waals surface area (Å²) in [5, 5.41) is 0. The zero-order chi connectivity index (χ0) is 0. The molecule has 0 fully saturated rings. The molecule has 0 heterocycles. The number of rotatable bonds is 0. The van der Waals surface area contributed by atoms with Crippen LogP contribution in [-0.4, -0.2) is 81.9 Å². The molecule has 0 aromatic rings. The first-order valence-electron chi connectivity index (χ1n) is 0. The summed E-state index contributed by atoms with van der Waals surface area (Å²) in [4.78, 5) is 0. The van der Waals surface area contributed by atoms with Crippen LogP contribution in [0.4, 0.5) is 0 Å². The first kappa shape index (κ1) is 30.3. The van der Waals surface area contributed by atoms with Gasteiger partial charge in [0.05, 0.1) is 0 Å². The SMILES string of the molecule is [As-3].[As-3].[Bi+3].[Ga+3]. The van der Waals surface area contributed by atoms with Crippen molar-refractivity contribution in [3.63, 3.8) is 0 Å². The van der Waals surface area contributed by atoms with Crippen molar-refractivity contribution in [2.45, 2.75) is 0 Å². The van der Waals surface area contributed by atoms with Gasteiger partial charge in [0, 0.05) is 0 Å². The molecular formula is As2BiGa. The predicted molar refractivity (Wildman–Crippen MR) is 23.0 cm³/mol. The van der Waals surface area contributed by atoms with Crippen LogP contribution < -0.4 is 0 Å². The van der Waals surface area contributed by atoms with Crippen LogP contribution in [0.1, 0.15) is 0 Å². The summed E-state index contributed by atoms with van der Waals surface area (Å²) < 4.78 is 0. The van der Waals surface area contributed by atoms with Crippen LogP contribution in [0.25, 0.3) is 0 Å². The summed E-state index contributed by atoms with van der Waals surface area (Å²) >= 11 is 0. The molecule has 0 aliphatic carbocycles.